The molecule has 0 fully saturated rings. The zero-order valence-electron chi connectivity index (χ0n) is 12.6. The smallest absolute Gasteiger partial charge is 0.250 e. The maximum atomic E-state index is 12.3. The molecule has 1 heterocycles. The van der Waals surface area contributed by atoms with E-state index in [4.69, 9.17) is 0 Å². The van der Waals surface area contributed by atoms with E-state index in [1.807, 2.05) is 30.0 Å². The largest absolute Gasteiger partial charge is 0.328 e. The third-order valence-electron chi connectivity index (χ3n) is 3.99. The number of nitrogens with zero attached hydrogens (tertiary/aromatic N) is 1. The zero-order chi connectivity index (χ0) is 14.4. The molecule has 1 unspecified atom stereocenters. The van der Waals surface area contributed by atoms with Gasteiger partial charge in [0.2, 0.25) is 5.91 Å². The van der Waals surface area contributed by atoms with Gasteiger partial charge in [-0.05, 0) is 18.9 Å². The number of hydrogen-bond donors (Lipinski definition) is 0. The van der Waals surface area contributed by atoms with Crippen molar-refractivity contribution in [2.75, 3.05) is 0 Å². The Morgan fingerprint density at radius 2 is 1.85 bits per heavy atom. The Bertz CT molecular complexity index is 464. The highest BCUT2D eigenvalue weighted by atomic mass is 16.2. The summed E-state index contributed by atoms with van der Waals surface area (Å²) in [6.45, 7) is 4.89. The van der Waals surface area contributed by atoms with E-state index in [0.717, 1.165) is 18.5 Å². The fourth-order valence-electron chi connectivity index (χ4n) is 2.82. The molecule has 1 aromatic rings. The van der Waals surface area contributed by atoms with Crippen LogP contribution in [-0.2, 0) is 11.3 Å². The van der Waals surface area contributed by atoms with Crippen LogP contribution in [0.25, 0.3) is 0 Å². The lowest BCUT2D eigenvalue weighted by atomic mass is 10.1. The lowest BCUT2D eigenvalue weighted by molar-refractivity contribution is -0.127. The fraction of sp³-hybridized carbons (Fsp3) is 0.500. The van der Waals surface area contributed by atoms with Crippen LogP contribution in [0, 0.1) is 0 Å². The molecule has 1 aromatic carbocycles. The third kappa shape index (κ3) is 3.72. The van der Waals surface area contributed by atoms with Gasteiger partial charge >= 0.3 is 0 Å². The summed E-state index contributed by atoms with van der Waals surface area (Å²) in [5.74, 6) is 0.203. The highest BCUT2D eigenvalue weighted by Gasteiger charge is 2.29. The van der Waals surface area contributed by atoms with Gasteiger partial charge in [-0.2, -0.15) is 0 Å². The summed E-state index contributed by atoms with van der Waals surface area (Å²) in [4.78, 5) is 14.3. The molecule has 0 bridgehead atoms. The van der Waals surface area contributed by atoms with Crippen LogP contribution < -0.4 is 0 Å². The number of unbranched alkanes of at least 4 members (excludes halogenated alkanes) is 3. The van der Waals surface area contributed by atoms with Gasteiger partial charge in [0.25, 0.3) is 0 Å². The Morgan fingerprint density at radius 1 is 1.10 bits per heavy atom. The predicted molar refractivity (Wildman–Crippen MR) is 83.3 cm³/mol. The molecule has 2 nitrogen and oxygen atoms in total. The standard InChI is InChI=1S/C18H25NO/c1-3-4-5-9-12-17-13-15(2)18(20)19(17)14-16-10-7-6-8-11-16/h6-8,10-11,13,17H,3-5,9,12,14H2,1-2H3. The van der Waals surface area contributed by atoms with Gasteiger partial charge in [-0.1, -0.05) is 69.0 Å². The highest BCUT2D eigenvalue weighted by molar-refractivity contribution is 5.95. The second kappa shape index (κ2) is 7.28. The van der Waals surface area contributed by atoms with Gasteiger partial charge in [0.05, 0.1) is 6.04 Å². The Kier molecular flexibility index (Phi) is 5.40. The SMILES string of the molecule is CCCCCCC1C=C(C)C(=O)N1Cc1ccccc1. The van der Waals surface area contributed by atoms with Crippen molar-refractivity contribution in [1.82, 2.24) is 4.90 Å². The fourth-order valence-corrected chi connectivity index (χ4v) is 2.82. The van der Waals surface area contributed by atoms with Gasteiger partial charge in [0, 0.05) is 12.1 Å². The molecule has 2 heteroatoms. The molecular formula is C18H25NO. The molecule has 0 radical (unpaired) electrons. The number of rotatable bonds is 7. The van der Waals surface area contributed by atoms with Gasteiger partial charge in [-0.15, -0.1) is 0 Å². The first kappa shape index (κ1) is 14.8. The monoisotopic (exact) mass is 271 g/mol. The summed E-state index contributed by atoms with van der Waals surface area (Å²) in [5.41, 5.74) is 2.11. The summed E-state index contributed by atoms with van der Waals surface area (Å²) in [7, 11) is 0. The van der Waals surface area contributed by atoms with Gasteiger partial charge < -0.3 is 4.90 Å². The molecule has 1 aliphatic heterocycles. The Hall–Kier alpha value is -1.57. The van der Waals surface area contributed by atoms with E-state index in [0.29, 0.717) is 6.04 Å². The first-order valence-corrected chi connectivity index (χ1v) is 7.75. The molecule has 2 rings (SSSR count). The quantitative estimate of drug-likeness (QED) is 0.677. The maximum Gasteiger partial charge on any atom is 0.250 e. The van der Waals surface area contributed by atoms with Crippen LogP contribution in [-0.4, -0.2) is 16.8 Å². The molecule has 1 amide bonds. The lowest BCUT2D eigenvalue weighted by Crippen LogP contribution is -2.33. The van der Waals surface area contributed by atoms with Gasteiger partial charge in [-0.3, -0.25) is 4.79 Å². The maximum absolute atomic E-state index is 12.3. The molecule has 1 atom stereocenters. The van der Waals surface area contributed by atoms with Crippen molar-refractivity contribution in [2.45, 2.75) is 58.5 Å². The number of benzene rings is 1. The third-order valence-corrected chi connectivity index (χ3v) is 3.99. The van der Waals surface area contributed by atoms with E-state index in [1.54, 1.807) is 0 Å². The van der Waals surface area contributed by atoms with Crippen molar-refractivity contribution in [1.29, 1.82) is 0 Å². The molecule has 0 saturated carbocycles. The van der Waals surface area contributed by atoms with Crippen molar-refractivity contribution in [3.8, 4) is 0 Å². The van der Waals surface area contributed by atoms with Crippen LogP contribution in [0.1, 0.15) is 51.5 Å². The minimum Gasteiger partial charge on any atom is -0.328 e. The number of carbonyl (C=O) groups is 1. The van der Waals surface area contributed by atoms with Crippen molar-refractivity contribution >= 4 is 5.91 Å². The van der Waals surface area contributed by atoms with Crippen LogP contribution in [0.5, 0.6) is 0 Å². The Labute approximate surface area is 122 Å². The summed E-state index contributed by atoms with van der Waals surface area (Å²) >= 11 is 0. The second-order valence-corrected chi connectivity index (χ2v) is 5.69. The summed E-state index contributed by atoms with van der Waals surface area (Å²) < 4.78 is 0. The number of carbonyl (C=O) groups excluding carboxylic acids is 1. The molecule has 1 aliphatic rings. The second-order valence-electron chi connectivity index (χ2n) is 5.69. The van der Waals surface area contributed by atoms with Crippen LogP contribution >= 0.6 is 0 Å². The van der Waals surface area contributed by atoms with Crippen molar-refractivity contribution in [3.05, 3.63) is 47.5 Å². The van der Waals surface area contributed by atoms with Crippen LogP contribution in [0.3, 0.4) is 0 Å². The van der Waals surface area contributed by atoms with Gasteiger partial charge in [-0.25, -0.2) is 0 Å². The summed E-state index contributed by atoms with van der Waals surface area (Å²) in [6.07, 6.45) is 8.27. The summed E-state index contributed by atoms with van der Waals surface area (Å²) in [5, 5.41) is 0. The molecule has 108 valence electrons. The normalized spacial score (nSPS) is 18.5. The highest BCUT2D eigenvalue weighted by Crippen LogP contribution is 2.24. The summed E-state index contributed by atoms with van der Waals surface area (Å²) in [6, 6.07) is 10.6. The Balaban J connectivity index is 1.96. The molecule has 0 spiro atoms. The van der Waals surface area contributed by atoms with E-state index in [9.17, 15) is 4.79 Å². The van der Waals surface area contributed by atoms with E-state index < -0.39 is 0 Å². The molecule has 0 aliphatic carbocycles. The van der Waals surface area contributed by atoms with E-state index in [-0.39, 0.29) is 5.91 Å². The molecule has 20 heavy (non-hydrogen) atoms. The van der Waals surface area contributed by atoms with Crippen LogP contribution in [0.2, 0.25) is 0 Å². The molecule has 0 N–H and O–H groups in total. The van der Waals surface area contributed by atoms with Crippen LogP contribution in [0.4, 0.5) is 0 Å². The topological polar surface area (TPSA) is 20.3 Å². The average Bonchev–Trinajstić information content (AvgIpc) is 2.73. The number of hydrogen-bond acceptors (Lipinski definition) is 1. The van der Waals surface area contributed by atoms with E-state index in [1.165, 1.54) is 31.2 Å². The Morgan fingerprint density at radius 3 is 2.55 bits per heavy atom. The minimum absolute atomic E-state index is 0.203. The first-order valence-electron chi connectivity index (χ1n) is 7.75. The lowest BCUT2D eigenvalue weighted by Gasteiger charge is -2.25. The number of amides is 1. The van der Waals surface area contributed by atoms with Crippen molar-refractivity contribution < 1.29 is 4.79 Å². The van der Waals surface area contributed by atoms with E-state index in [2.05, 4.69) is 25.1 Å². The van der Waals surface area contributed by atoms with E-state index >= 15 is 0 Å². The van der Waals surface area contributed by atoms with Gasteiger partial charge in [0.15, 0.2) is 0 Å². The molecule has 0 aromatic heterocycles. The minimum atomic E-state index is 0.203. The first-order chi connectivity index (χ1) is 9.72. The van der Waals surface area contributed by atoms with Gasteiger partial charge in [0.1, 0.15) is 0 Å². The van der Waals surface area contributed by atoms with Crippen molar-refractivity contribution in [3.63, 3.8) is 0 Å². The molecule has 0 saturated heterocycles. The van der Waals surface area contributed by atoms with Crippen LogP contribution in [0.15, 0.2) is 42.0 Å². The average molecular weight is 271 g/mol. The zero-order valence-corrected chi connectivity index (χ0v) is 12.6. The van der Waals surface area contributed by atoms with Crippen molar-refractivity contribution in [2.24, 2.45) is 0 Å². The molecular weight excluding hydrogens is 246 g/mol. The predicted octanol–water partition coefficient (Wildman–Crippen LogP) is 4.31.